The summed E-state index contributed by atoms with van der Waals surface area (Å²) in [6.07, 6.45) is -1.34. The first kappa shape index (κ1) is 14.8. The summed E-state index contributed by atoms with van der Waals surface area (Å²) in [5.41, 5.74) is -1.18. The van der Waals surface area contributed by atoms with Crippen LogP contribution in [-0.2, 0) is 11.0 Å². The number of alkyl halides is 3. The molecule has 1 aromatic carbocycles. The first-order chi connectivity index (χ1) is 10.8. The number of hydrogen-bond acceptors (Lipinski definition) is 3. The van der Waals surface area contributed by atoms with E-state index < -0.39 is 23.3 Å². The van der Waals surface area contributed by atoms with Gasteiger partial charge in [-0.05, 0) is 24.3 Å². The average Bonchev–Trinajstić information content (AvgIpc) is 2.88. The predicted molar refractivity (Wildman–Crippen MR) is 75.0 cm³/mol. The zero-order valence-corrected chi connectivity index (χ0v) is 11.3. The molecule has 3 aromatic rings. The highest BCUT2D eigenvalue weighted by Gasteiger charge is 2.30. The largest absolute Gasteiger partial charge is 0.478 e. The minimum atomic E-state index is -4.54. The molecule has 0 aliphatic heterocycles. The highest BCUT2D eigenvalue weighted by atomic mass is 19.4. The molecule has 2 N–H and O–H groups in total. The Labute approximate surface area is 125 Å². The number of rotatable bonds is 2. The summed E-state index contributed by atoms with van der Waals surface area (Å²) in [6.45, 7) is 0. The molecule has 23 heavy (non-hydrogen) atoms. The normalized spacial score (nSPS) is 12.5. The van der Waals surface area contributed by atoms with Crippen molar-refractivity contribution in [2.75, 3.05) is 0 Å². The summed E-state index contributed by atoms with van der Waals surface area (Å²) >= 11 is 0. The third-order valence-corrected chi connectivity index (χ3v) is 3.21. The molecule has 0 saturated carbocycles. The molecule has 118 valence electrons. The van der Waals surface area contributed by atoms with E-state index in [2.05, 4.69) is 9.97 Å². The number of nitrogens with one attached hydrogen (secondary N) is 1. The van der Waals surface area contributed by atoms with E-state index in [4.69, 9.17) is 5.11 Å². The van der Waals surface area contributed by atoms with Crippen LogP contribution in [0.25, 0.3) is 22.6 Å². The molecule has 2 heterocycles. The molecule has 0 aliphatic carbocycles. The van der Waals surface area contributed by atoms with Crippen molar-refractivity contribution in [3.8, 4) is 0 Å². The van der Waals surface area contributed by atoms with E-state index in [1.165, 1.54) is 16.7 Å². The molecule has 0 aliphatic rings. The molecule has 0 spiro atoms. The van der Waals surface area contributed by atoms with Crippen LogP contribution < -0.4 is 5.56 Å². The van der Waals surface area contributed by atoms with E-state index in [1.54, 1.807) is 0 Å². The Hall–Kier alpha value is -3.10. The van der Waals surface area contributed by atoms with Gasteiger partial charge in [-0.3, -0.25) is 9.20 Å². The summed E-state index contributed by atoms with van der Waals surface area (Å²) in [6, 6.07) is 2.90. The van der Waals surface area contributed by atoms with E-state index in [9.17, 15) is 22.8 Å². The third kappa shape index (κ3) is 2.56. The summed E-state index contributed by atoms with van der Waals surface area (Å²) in [5, 5.41) is 8.66. The maximum absolute atomic E-state index is 12.8. The van der Waals surface area contributed by atoms with Gasteiger partial charge in [0, 0.05) is 6.08 Å². The lowest BCUT2D eigenvalue weighted by atomic mass is 10.2. The Kier molecular flexibility index (Phi) is 3.20. The van der Waals surface area contributed by atoms with Gasteiger partial charge in [0.25, 0.3) is 5.56 Å². The van der Waals surface area contributed by atoms with E-state index >= 15 is 0 Å². The lowest BCUT2D eigenvalue weighted by molar-refractivity contribution is -0.137. The van der Waals surface area contributed by atoms with Gasteiger partial charge >= 0.3 is 12.1 Å². The maximum atomic E-state index is 12.8. The topological polar surface area (TPSA) is 87.5 Å². The molecule has 0 saturated heterocycles. The second-order valence-electron chi connectivity index (χ2n) is 4.69. The molecule has 0 unspecified atom stereocenters. The fourth-order valence-electron chi connectivity index (χ4n) is 2.24. The maximum Gasteiger partial charge on any atom is 0.416 e. The molecule has 6 nitrogen and oxygen atoms in total. The minimum Gasteiger partial charge on any atom is -0.478 e. The second kappa shape index (κ2) is 4.97. The Morgan fingerprint density at radius 1 is 1.30 bits per heavy atom. The van der Waals surface area contributed by atoms with Crippen LogP contribution in [0.3, 0.4) is 0 Å². The molecular formula is C14H8F3N3O3. The number of aromatic nitrogens is 3. The van der Waals surface area contributed by atoms with Gasteiger partial charge in [0.1, 0.15) is 11.3 Å². The summed E-state index contributed by atoms with van der Waals surface area (Å²) in [7, 11) is 0. The summed E-state index contributed by atoms with van der Waals surface area (Å²) in [5.74, 6) is -1.09. The number of nitrogens with zero attached hydrogens (tertiary/aromatic N) is 2. The number of aromatic amines is 1. The van der Waals surface area contributed by atoms with Crippen molar-refractivity contribution in [3.63, 3.8) is 0 Å². The van der Waals surface area contributed by atoms with Gasteiger partial charge in [0.15, 0.2) is 0 Å². The molecule has 9 heteroatoms. The van der Waals surface area contributed by atoms with Gasteiger partial charge in [-0.2, -0.15) is 13.2 Å². The minimum absolute atomic E-state index is 0.0275. The number of aliphatic carboxylic acids is 1. The van der Waals surface area contributed by atoms with Crippen molar-refractivity contribution in [3.05, 3.63) is 52.2 Å². The molecule has 2 aromatic heterocycles. The van der Waals surface area contributed by atoms with Crippen molar-refractivity contribution in [1.82, 2.24) is 14.4 Å². The van der Waals surface area contributed by atoms with E-state index in [-0.39, 0.29) is 22.4 Å². The third-order valence-electron chi connectivity index (χ3n) is 3.21. The first-order valence-corrected chi connectivity index (χ1v) is 6.29. The van der Waals surface area contributed by atoms with E-state index in [0.29, 0.717) is 0 Å². The fraction of sp³-hybridized carbons (Fsp3) is 0.0714. The van der Waals surface area contributed by atoms with Gasteiger partial charge in [-0.25, -0.2) is 9.78 Å². The van der Waals surface area contributed by atoms with Crippen LogP contribution in [0.5, 0.6) is 0 Å². The lowest BCUT2D eigenvalue weighted by Gasteiger charge is -2.09. The molecule has 0 atom stereocenters. The van der Waals surface area contributed by atoms with Gasteiger partial charge in [0.2, 0.25) is 0 Å². The Morgan fingerprint density at radius 3 is 2.70 bits per heavy atom. The quantitative estimate of drug-likeness (QED) is 0.708. The molecule has 3 rings (SSSR count). The van der Waals surface area contributed by atoms with Gasteiger partial charge in [0.05, 0.1) is 22.8 Å². The number of carboxylic acid groups (broad SMARTS) is 1. The number of hydrogen-bond donors (Lipinski definition) is 2. The smallest absolute Gasteiger partial charge is 0.416 e. The molecule has 0 radical (unpaired) electrons. The summed E-state index contributed by atoms with van der Waals surface area (Å²) < 4.78 is 39.6. The molecule has 0 bridgehead atoms. The van der Waals surface area contributed by atoms with Crippen molar-refractivity contribution in [2.45, 2.75) is 6.18 Å². The highest BCUT2D eigenvalue weighted by Crippen LogP contribution is 2.31. The first-order valence-electron chi connectivity index (χ1n) is 6.29. The van der Waals surface area contributed by atoms with Crippen LogP contribution in [0.2, 0.25) is 0 Å². The SMILES string of the molecule is O=C(O)/C=C/c1ncc2c(=O)[nH]c3cc(C(F)(F)F)ccc3n12. The molecule has 0 amide bonds. The van der Waals surface area contributed by atoms with Crippen LogP contribution in [0, 0.1) is 0 Å². The van der Waals surface area contributed by atoms with Crippen molar-refractivity contribution in [2.24, 2.45) is 0 Å². The van der Waals surface area contributed by atoms with Gasteiger partial charge in [-0.15, -0.1) is 0 Å². The average molecular weight is 323 g/mol. The monoisotopic (exact) mass is 323 g/mol. The second-order valence-corrected chi connectivity index (χ2v) is 4.69. The number of carboxylic acids is 1. The predicted octanol–water partition coefficient (Wildman–Crippen LogP) is 2.29. The standard InChI is InChI=1S/C14H8F3N3O3/c15-14(16,17)7-1-2-9-8(5-7)19-13(23)10-6-18-11(20(9)10)3-4-12(21)22/h1-6H,(H,19,23)(H,21,22)/b4-3+. The zero-order valence-electron chi connectivity index (χ0n) is 11.3. The van der Waals surface area contributed by atoms with Gasteiger partial charge in [-0.1, -0.05) is 0 Å². The number of fused-ring (bicyclic) bond motifs is 3. The van der Waals surface area contributed by atoms with Crippen LogP contribution in [0.4, 0.5) is 13.2 Å². The highest BCUT2D eigenvalue weighted by molar-refractivity contribution is 5.86. The molecular weight excluding hydrogens is 315 g/mol. The van der Waals surface area contributed by atoms with Crippen LogP contribution >= 0.6 is 0 Å². The number of carbonyl (C=O) groups is 1. The lowest BCUT2D eigenvalue weighted by Crippen LogP contribution is -2.12. The number of benzene rings is 1. The Bertz CT molecular complexity index is 1010. The van der Waals surface area contributed by atoms with Crippen LogP contribution in [0.1, 0.15) is 11.4 Å². The van der Waals surface area contributed by atoms with Crippen LogP contribution in [-0.4, -0.2) is 25.4 Å². The number of H-pyrrole nitrogens is 1. The Morgan fingerprint density at radius 2 is 2.04 bits per heavy atom. The van der Waals surface area contributed by atoms with E-state index in [0.717, 1.165) is 24.3 Å². The van der Waals surface area contributed by atoms with Crippen LogP contribution in [0.15, 0.2) is 35.3 Å². The van der Waals surface area contributed by atoms with Gasteiger partial charge < -0.3 is 10.1 Å². The zero-order chi connectivity index (χ0) is 16.8. The number of halogens is 3. The van der Waals surface area contributed by atoms with Crippen molar-refractivity contribution >= 4 is 28.6 Å². The fourth-order valence-corrected chi connectivity index (χ4v) is 2.24. The van der Waals surface area contributed by atoms with Crippen molar-refractivity contribution in [1.29, 1.82) is 0 Å². The number of imidazole rings is 1. The van der Waals surface area contributed by atoms with E-state index in [1.807, 2.05) is 0 Å². The summed E-state index contributed by atoms with van der Waals surface area (Å²) in [4.78, 5) is 28.9. The Balaban J connectivity index is 2.35. The van der Waals surface area contributed by atoms with Crippen molar-refractivity contribution < 1.29 is 23.1 Å². The molecule has 0 fully saturated rings.